The Morgan fingerprint density at radius 3 is 2.14 bits per heavy atom. The minimum atomic E-state index is -1.29. The lowest BCUT2D eigenvalue weighted by Crippen LogP contribution is -2.60. The van der Waals surface area contributed by atoms with Crippen LogP contribution in [0.25, 0.3) is 11.0 Å². The first kappa shape index (κ1) is 52.7. The molecular weight excluding hydrogens is 947 g/mol. The first-order valence-electron chi connectivity index (χ1n) is 25.7. The Hall–Kier alpha value is -7.57. The normalized spacial score (nSPS) is 21.7. The van der Waals surface area contributed by atoms with Crippen LogP contribution in [0.2, 0.25) is 0 Å². The Kier molecular flexibility index (Phi) is 16.2. The number of hydrogen-bond acceptors (Lipinski definition) is 10. The zero-order chi connectivity index (χ0) is 52.8. The summed E-state index contributed by atoms with van der Waals surface area (Å²) in [5.74, 6) is -2.96. The SMILES string of the molecule is Cn1c(=O)n(C2CCC(=O)NC2=O)c2ccc(C3CCC(CCC(=O)N4CCC5=CC[C@@H](C(=O)N[C@@H](CCC(N)=O)C(=O)NC(c6ccccc6)c6ccccc6)N5C(=O)[C@@H](NC(=O)OC(C)(C)C)C4)CC3)cc21. The van der Waals surface area contributed by atoms with Crippen LogP contribution in [0.1, 0.15) is 133 Å². The van der Waals surface area contributed by atoms with Crippen molar-refractivity contribution in [3.05, 3.63) is 118 Å². The molecule has 3 aliphatic heterocycles. The number of rotatable bonds is 15. The zero-order valence-corrected chi connectivity index (χ0v) is 42.5. The second-order valence-corrected chi connectivity index (χ2v) is 21.0. The molecule has 8 rings (SSSR count). The number of imidazole rings is 1. The van der Waals surface area contributed by atoms with Gasteiger partial charge in [0.25, 0.3) is 5.91 Å². The van der Waals surface area contributed by atoms with E-state index in [4.69, 9.17) is 10.5 Å². The number of benzene rings is 3. The average Bonchev–Trinajstić information content (AvgIpc) is 3.90. The molecule has 0 radical (unpaired) electrons. The molecule has 19 nitrogen and oxygen atoms in total. The van der Waals surface area contributed by atoms with Crippen LogP contribution < -0.4 is 32.7 Å². The van der Waals surface area contributed by atoms with E-state index in [1.165, 1.54) is 9.47 Å². The molecule has 0 bridgehead atoms. The lowest BCUT2D eigenvalue weighted by Gasteiger charge is -2.37. The molecule has 1 saturated carbocycles. The minimum Gasteiger partial charge on any atom is -0.444 e. The topological polar surface area (TPSA) is 253 Å². The number of alkyl carbamates (subject to hydrolysis) is 1. The number of amides is 8. The van der Waals surface area contributed by atoms with Crippen molar-refractivity contribution in [2.24, 2.45) is 18.7 Å². The van der Waals surface area contributed by atoms with Gasteiger partial charge in [0, 0.05) is 45.0 Å². The van der Waals surface area contributed by atoms with Gasteiger partial charge in [-0.05, 0) is 113 Å². The number of aromatic nitrogens is 2. The van der Waals surface area contributed by atoms with Crippen LogP contribution in [-0.2, 0) is 45.3 Å². The third kappa shape index (κ3) is 12.3. The van der Waals surface area contributed by atoms with Gasteiger partial charge in [-0.2, -0.15) is 0 Å². The highest BCUT2D eigenvalue weighted by Gasteiger charge is 2.43. The highest BCUT2D eigenvalue weighted by Crippen LogP contribution is 2.39. The molecule has 8 amide bonds. The summed E-state index contributed by atoms with van der Waals surface area (Å²) in [6.07, 6.45) is 5.74. The van der Waals surface area contributed by atoms with E-state index in [1.807, 2.05) is 78.9 Å². The van der Waals surface area contributed by atoms with Crippen LogP contribution in [0.5, 0.6) is 0 Å². The highest BCUT2D eigenvalue weighted by atomic mass is 16.6. The summed E-state index contributed by atoms with van der Waals surface area (Å²) in [5.41, 5.74) is 8.85. The van der Waals surface area contributed by atoms with Gasteiger partial charge in [0.05, 0.1) is 23.6 Å². The van der Waals surface area contributed by atoms with Gasteiger partial charge < -0.3 is 36.2 Å². The van der Waals surface area contributed by atoms with Crippen LogP contribution >= 0.6 is 0 Å². The Balaban J connectivity index is 0.916. The van der Waals surface area contributed by atoms with Crippen LogP contribution in [0.15, 0.2) is 95.4 Å². The van der Waals surface area contributed by atoms with Crippen molar-refractivity contribution >= 4 is 58.5 Å². The molecule has 1 aliphatic carbocycles. The Morgan fingerprint density at radius 1 is 0.824 bits per heavy atom. The highest BCUT2D eigenvalue weighted by molar-refractivity contribution is 6.00. The third-order valence-electron chi connectivity index (χ3n) is 14.7. The van der Waals surface area contributed by atoms with Crippen molar-refractivity contribution in [2.45, 2.75) is 140 Å². The monoisotopic (exact) mass is 1010 g/mol. The molecule has 4 aliphatic rings. The number of aryl methyl sites for hydroxylation is 1. The Bertz CT molecular complexity index is 2840. The van der Waals surface area contributed by atoms with Gasteiger partial charge in [-0.3, -0.25) is 48.0 Å². The number of carbonyl (C=O) groups is 8. The number of ether oxygens (including phenoxy) is 1. The van der Waals surface area contributed by atoms with Gasteiger partial charge >= 0.3 is 11.8 Å². The van der Waals surface area contributed by atoms with E-state index >= 15 is 0 Å². The van der Waals surface area contributed by atoms with Crippen LogP contribution in [0, 0.1) is 5.92 Å². The maximum Gasteiger partial charge on any atom is 0.408 e. The molecule has 19 heteroatoms. The summed E-state index contributed by atoms with van der Waals surface area (Å²) in [6, 6.07) is 19.6. The van der Waals surface area contributed by atoms with E-state index in [0.29, 0.717) is 23.2 Å². The fraction of sp³-hybridized carbons (Fsp3) is 0.473. The summed E-state index contributed by atoms with van der Waals surface area (Å²) < 4.78 is 8.58. The fourth-order valence-corrected chi connectivity index (χ4v) is 10.8. The van der Waals surface area contributed by atoms with Gasteiger partial charge in [0.1, 0.15) is 29.8 Å². The lowest BCUT2D eigenvalue weighted by atomic mass is 9.77. The van der Waals surface area contributed by atoms with Gasteiger partial charge in [0.15, 0.2) is 0 Å². The van der Waals surface area contributed by atoms with Crippen LogP contribution in [-0.4, -0.2) is 103 Å². The number of carbonyl (C=O) groups excluding carboxylic acids is 8. The number of fused-ring (bicyclic) bond motifs is 2. The molecule has 4 aromatic rings. The minimum absolute atomic E-state index is 0.101. The zero-order valence-electron chi connectivity index (χ0n) is 42.5. The molecule has 3 fully saturated rings. The van der Waals surface area contributed by atoms with E-state index in [9.17, 15) is 43.2 Å². The number of primary amides is 1. The standard InChI is InChI=1S/C55H67N9O10/c1-55(2,3)74-53(72)58-40-32-62(47(67)28-17-33-15-18-34(19-16-33)37-20-23-41-44(31-37)61(4)54(73)64(41)43-25-27-46(66)59-51(43)70)30-29-38-21-24-42(63(38)52(40)71)50(69)57-39(22-26-45(56)65)49(68)60-48(35-11-7-5-8-12-35)36-13-9-6-10-14-36/h5-14,20-21,23,31,33-34,39-40,42-43,48H,15-19,22,24-30,32H2,1-4H3,(H2,56,65)(H,57,69)(H,58,72)(H,60,68)(H,59,66,70)/t33?,34?,39-,40-,42-,43?/m0/s1. The van der Waals surface area contributed by atoms with E-state index < -0.39 is 71.4 Å². The molecule has 3 aromatic carbocycles. The largest absolute Gasteiger partial charge is 0.444 e. The maximum absolute atomic E-state index is 14.7. The second-order valence-electron chi connectivity index (χ2n) is 21.0. The maximum atomic E-state index is 14.7. The number of imide groups is 1. The number of nitrogens with two attached hydrogens (primary N) is 1. The number of nitrogens with zero attached hydrogens (tertiary/aromatic N) is 4. The van der Waals surface area contributed by atoms with Crippen molar-refractivity contribution in [2.75, 3.05) is 13.1 Å². The van der Waals surface area contributed by atoms with Crippen molar-refractivity contribution < 1.29 is 43.1 Å². The lowest BCUT2D eigenvalue weighted by molar-refractivity contribution is -0.142. The molecular formula is C55H67N9O10. The third-order valence-corrected chi connectivity index (χ3v) is 14.7. The summed E-state index contributed by atoms with van der Waals surface area (Å²) in [6.45, 7) is 5.12. The van der Waals surface area contributed by atoms with Gasteiger partial charge in [-0.1, -0.05) is 72.8 Å². The molecule has 4 heterocycles. The number of nitrogens with one attached hydrogen (secondary N) is 4. The smallest absolute Gasteiger partial charge is 0.408 e. The molecule has 4 atom stereocenters. The Morgan fingerprint density at radius 2 is 1.50 bits per heavy atom. The van der Waals surface area contributed by atoms with Crippen molar-refractivity contribution in [1.29, 1.82) is 0 Å². The van der Waals surface area contributed by atoms with Crippen molar-refractivity contribution in [3.63, 3.8) is 0 Å². The molecule has 1 unspecified atom stereocenters. The van der Waals surface area contributed by atoms with Gasteiger partial charge in [-0.25, -0.2) is 9.59 Å². The number of hydrogen-bond donors (Lipinski definition) is 5. The van der Waals surface area contributed by atoms with E-state index in [-0.39, 0.29) is 87.4 Å². The van der Waals surface area contributed by atoms with E-state index in [0.717, 1.165) is 42.4 Å². The van der Waals surface area contributed by atoms with Crippen molar-refractivity contribution in [1.82, 2.24) is 40.2 Å². The van der Waals surface area contributed by atoms with Gasteiger partial charge in [-0.15, -0.1) is 0 Å². The molecule has 74 heavy (non-hydrogen) atoms. The first-order chi connectivity index (χ1) is 35.3. The Labute approximate surface area is 429 Å². The first-order valence-corrected chi connectivity index (χ1v) is 25.7. The summed E-state index contributed by atoms with van der Waals surface area (Å²) in [5, 5.41) is 10.9. The summed E-state index contributed by atoms with van der Waals surface area (Å²) in [4.78, 5) is 124. The summed E-state index contributed by atoms with van der Waals surface area (Å²) in [7, 11) is 1.68. The average molecular weight is 1010 g/mol. The molecule has 392 valence electrons. The van der Waals surface area contributed by atoms with E-state index in [1.54, 1.807) is 43.4 Å². The molecule has 0 spiro atoms. The predicted molar refractivity (Wildman–Crippen MR) is 273 cm³/mol. The van der Waals surface area contributed by atoms with E-state index in [2.05, 4.69) is 21.3 Å². The molecule has 6 N–H and O–H groups in total. The van der Waals surface area contributed by atoms with Crippen LogP contribution in [0.4, 0.5) is 4.79 Å². The molecule has 1 aromatic heterocycles. The molecule has 2 saturated heterocycles. The van der Waals surface area contributed by atoms with Crippen LogP contribution in [0.3, 0.4) is 0 Å². The number of piperidine rings is 1. The fourth-order valence-electron chi connectivity index (χ4n) is 10.8. The second kappa shape index (κ2) is 22.7. The predicted octanol–water partition coefficient (Wildman–Crippen LogP) is 4.64. The van der Waals surface area contributed by atoms with Crippen molar-refractivity contribution in [3.8, 4) is 0 Å². The quantitative estimate of drug-likeness (QED) is 0.103. The van der Waals surface area contributed by atoms with Gasteiger partial charge in [0.2, 0.25) is 35.4 Å². The summed E-state index contributed by atoms with van der Waals surface area (Å²) >= 11 is 0.